The molecule has 1 aromatic carbocycles. The van der Waals surface area contributed by atoms with Crippen LogP contribution in [-0.4, -0.2) is 23.7 Å². The van der Waals surface area contributed by atoms with E-state index in [2.05, 4.69) is 21.2 Å². The molecule has 1 rings (SSSR count). The number of aliphatic hydroxyl groups excluding tert-OH is 1. The number of carbonyl (C=O) groups is 1. The lowest BCUT2D eigenvalue weighted by Crippen LogP contribution is -2.37. The molecule has 112 valence electrons. The van der Waals surface area contributed by atoms with Gasteiger partial charge in [0.1, 0.15) is 5.75 Å². The number of hydrogen-bond acceptors (Lipinski definition) is 3. The SMILES string of the molecule is CCC(CC)NC(=O)COc1ccc(Br)cc1[C@H](C)O. The first-order valence-electron chi connectivity index (χ1n) is 6.87. The standard InChI is InChI=1S/C15H22BrNO3/c1-4-12(5-2)17-15(19)9-20-14-7-6-11(16)8-13(14)10(3)18/h6-8,10,12,18H,4-5,9H2,1-3H3,(H,17,19)/t10-/m0/s1. The molecule has 0 aromatic heterocycles. The van der Waals surface area contributed by atoms with Crippen molar-refractivity contribution in [3.05, 3.63) is 28.2 Å². The number of amides is 1. The molecular formula is C15H22BrNO3. The molecule has 1 amide bonds. The van der Waals surface area contributed by atoms with Gasteiger partial charge in [0.25, 0.3) is 5.91 Å². The molecule has 0 saturated carbocycles. The Labute approximate surface area is 128 Å². The first-order chi connectivity index (χ1) is 9.47. The second-order valence-corrected chi connectivity index (χ2v) is 5.64. The van der Waals surface area contributed by atoms with Crippen LogP contribution in [0.2, 0.25) is 0 Å². The molecule has 0 aliphatic carbocycles. The van der Waals surface area contributed by atoms with Crippen LogP contribution in [-0.2, 0) is 4.79 Å². The highest BCUT2D eigenvalue weighted by Gasteiger charge is 2.13. The highest BCUT2D eigenvalue weighted by molar-refractivity contribution is 9.10. The van der Waals surface area contributed by atoms with Crippen molar-refractivity contribution in [1.29, 1.82) is 0 Å². The number of benzene rings is 1. The highest BCUT2D eigenvalue weighted by Crippen LogP contribution is 2.28. The summed E-state index contributed by atoms with van der Waals surface area (Å²) < 4.78 is 6.38. The van der Waals surface area contributed by atoms with E-state index in [1.165, 1.54) is 0 Å². The van der Waals surface area contributed by atoms with Gasteiger partial charge in [0.15, 0.2) is 6.61 Å². The molecular weight excluding hydrogens is 322 g/mol. The van der Waals surface area contributed by atoms with Crippen LogP contribution in [0.4, 0.5) is 0 Å². The zero-order valence-corrected chi connectivity index (χ0v) is 13.7. The first kappa shape index (κ1) is 17.0. The third-order valence-corrected chi connectivity index (χ3v) is 3.62. The number of nitrogens with one attached hydrogen (secondary N) is 1. The summed E-state index contributed by atoms with van der Waals surface area (Å²) in [6.07, 6.45) is 1.16. The van der Waals surface area contributed by atoms with Crippen molar-refractivity contribution in [2.45, 2.75) is 45.8 Å². The molecule has 1 atom stereocenters. The fourth-order valence-corrected chi connectivity index (χ4v) is 2.26. The molecule has 20 heavy (non-hydrogen) atoms. The van der Waals surface area contributed by atoms with Gasteiger partial charge in [0, 0.05) is 16.1 Å². The largest absolute Gasteiger partial charge is 0.483 e. The molecule has 2 N–H and O–H groups in total. The Hall–Kier alpha value is -1.07. The Morgan fingerprint density at radius 3 is 2.60 bits per heavy atom. The van der Waals surface area contributed by atoms with Crippen molar-refractivity contribution >= 4 is 21.8 Å². The predicted octanol–water partition coefficient (Wildman–Crippen LogP) is 3.19. The molecule has 0 spiro atoms. The monoisotopic (exact) mass is 343 g/mol. The normalized spacial score (nSPS) is 12.3. The van der Waals surface area contributed by atoms with Gasteiger partial charge in [-0.2, -0.15) is 0 Å². The van der Waals surface area contributed by atoms with E-state index in [-0.39, 0.29) is 18.6 Å². The van der Waals surface area contributed by atoms with Gasteiger partial charge in [0.05, 0.1) is 6.10 Å². The van der Waals surface area contributed by atoms with Crippen LogP contribution in [0.25, 0.3) is 0 Å². The lowest BCUT2D eigenvalue weighted by molar-refractivity contribution is -0.123. The van der Waals surface area contributed by atoms with Crippen molar-refractivity contribution in [1.82, 2.24) is 5.32 Å². The van der Waals surface area contributed by atoms with Crippen LogP contribution in [0.5, 0.6) is 5.75 Å². The van der Waals surface area contributed by atoms with Crippen LogP contribution in [0.3, 0.4) is 0 Å². The van der Waals surface area contributed by atoms with Crippen LogP contribution < -0.4 is 10.1 Å². The van der Waals surface area contributed by atoms with Crippen molar-refractivity contribution in [3.63, 3.8) is 0 Å². The fourth-order valence-electron chi connectivity index (χ4n) is 1.88. The molecule has 0 radical (unpaired) electrons. The van der Waals surface area contributed by atoms with Crippen LogP contribution in [0, 0.1) is 0 Å². The van der Waals surface area contributed by atoms with Gasteiger partial charge < -0.3 is 15.2 Å². The summed E-state index contributed by atoms with van der Waals surface area (Å²) >= 11 is 3.35. The first-order valence-corrected chi connectivity index (χ1v) is 7.66. The lowest BCUT2D eigenvalue weighted by Gasteiger charge is -2.17. The topological polar surface area (TPSA) is 58.6 Å². The highest BCUT2D eigenvalue weighted by atomic mass is 79.9. The zero-order valence-electron chi connectivity index (χ0n) is 12.1. The number of halogens is 1. The summed E-state index contributed by atoms with van der Waals surface area (Å²) in [5, 5.41) is 12.6. The van der Waals surface area contributed by atoms with E-state index in [0.717, 1.165) is 17.3 Å². The molecule has 5 heteroatoms. The van der Waals surface area contributed by atoms with Gasteiger partial charge in [-0.25, -0.2) is 0 Å². The average Bonchev–Trinajstić information content (AvgIpc) is 2.43. The molecule has 0 aliphatic heterocycles. The molecule has 0 aliphatic rings. The zero-order chi connectivity index (χ0) is 15.1. The Morgan fingerprint density at radius 2 is 2.05 bits per heavy atom. The molecule has 0 unspecified atom stereocenters. The van der Waals surface area contributed by atoms with Crippen LogP contribution >= 0.6 is 15.9 Å². The Morgan fingerprint density at radius 1 is 1.40 bits per heavy atom. The van der Waals surface area contributed by atoms with Gasteiger partial charge in [-0.3, -0.25) is 4.79 Å². The molecule has 4 nitrogen and oxygen atoms in total. The third-order valence-electron chi connectivity index (χ3n) is 3.13. The number of carbonyl (C=O) groups excluding carboxylic acids is 1. The Bertz CT molecular complexity index is 445. The maximum Gasteiger partial charge on any atom is 0.258 e. The van der Waals surface area contributed by atoms with Gasteiger partial charge >= 0.3 is 0 Å². The third kappa shape index (κ3) is 5.13. The Kier molecular flexibility index (Phi) is 7.02. The Balaban J connectivity index is 2.63. The number of aliphatic hydroxyl groups is 1. The van der Waals surface area contributed by atoms with Crippen molar-refractivity contribution < 1.29 is 14.6 Å². The van der Waals surface area contributed by atoms with E-state index >= 15 is 0 Å². The summed E-state index contributed by atoms with van der Waals surface area (Å²) in [6, 6.07) is 5.54. The van der Waals surface area contributed by atoms with Crippen LogP contribution in [0.1, 0.15) is 45.3 Å². The molecule has 0 fully saturated rings. The second-order valence-electron chi connectivity index (χ2n) is 4.73. The smallest absolute Gasteiger partial charge is 0.258 e. The molecule has 0 bridgehead atoms. The van der Waals surface area contributed by atoms with Gasteiger partial charge in [-0.15, -0.1) is 0 Å². The van der Waals surface area contributed by atoms with E-state index < -0.39 is 6.10 Å². The number of rotatable bonds is 7. The molecule has 1 aromatic rings. The molecule has 0 heterocycles. The summed E-state index contributed by atoms with van der Waals surface area (Å²) in [7, 11) is 0. The van der Waals surface area contributed by atoms with Crippen LogP contribution in [0.15, 0.2) is 22.7 Å². The van der Waals surface area contributed by atoms with E-state index in [9.17, 15) is 9.90 Å². The average molecular weight is 344 g/mol. The second kappa shape index (κ2) is 8.27. The maximum atomic E-state index is 11.8. The quantitative estimate of drug-likeness (QED) is 0.799. The lowest BCUT2D eigenvalue weighted by atomic mass is 10.1. The van der Waals surface area contributed by atoms with E-state index in [0.29, 0.717) is 11.3 Å². The maximum absolute atomic E-state index is 11.8. The predicted molar refractivity (Wildman–Crippen MR) is 82.8 cm³/mol. The summed E-state index contributed by atoms with van der Waals surface area (Å²) in [6.45, 7) is 5.70. The van der Waals surface area contributed by atoms with E-state index in [4.69, 9.17) is 4.74 Å². The van der Waals surface area contributed by atoms with Crippen molar-refractivity contribution in [3.8, 4) is 5.75 Å². The minimum absolute atomic E-state index is 0.0438. The molecule has 0 saturated heterocycles. The van der Waals surface area contributed by atoms with E-state index in [1.807, 2.05) is 19.9 Å². The number of hydrogen-bond donors (Lipinski definition) is 2. The summed E-state index contributed by atoms with van der Waals surface area (Å²) in [5.74, 6) is 0.390. The van der Waals surface area contributed by atoms with Gasteiger partial charge in [-0.1, -0.05) is 29.8 Å². The van der Waals surface area contributed by atoms with Crippen molar-refractivity contribution in [2.75, 3.05) is 6.61 Å². The van der Waals surface area contributed by atoms with Crippen molar-refractivity contribution in [2.24, 2.45) is 0 Å². The minimum Gasteiger partial charge on any atom is -0.483 e. The van der Waals surface area contributed by atoms with Gasteiger partial charge in [0.2, 0.25) is 0 Å². The van der Waals surface area contributed by atoms with Gasteiger partial charge in [-0.05, 0) is 38.0 Å². The summed E-state index contributed by atoms with van der Waals surface area (Å²) in [5.41, 5.74) is 0.662. The minimum atomic E-state index is -0.649. The number of ether oxygens (including phenoxy) is 1. The fraction of sp³-hybridized carbons (Fsp3) is 0.533. The van der Waals surface area contributed by atoms with E-state index in [1.54, 1.807) is 19.1 Å². The summed E-state index contributed by atoms with van der Waals surface area (Å²) in [4.78, 5) is 11.8.